The fraction of sp³-hybridized carbons (Fsp3) is 0.417. The summed E-state index contributed by atoms with van der Waals surface area (Å²) in [6, 6.07) is 0. The van der Waals surface area contributed by atoms with Crippen LogP contribution in [-0.2, 0) is 9.53 Å². The summed E-state index contributed by atoms with van der Waals surface area (Å²) in [5.41, 5.74) is 10.4. The van der Waals surface area contributed by atoms with Gasteiger partial charge in [-0.25, -0.2) is 4.79 Å². The summed E-state index contributed by atoms with van der Waals surface area (Å²) in [7, 11) is 0. The smallest absolute Gasteiger partial charge is 0.339 e. The Morgan fingerprint density at radius 3 is 2.64 bits per heavy atom. The summed E-state index contributed by atoms with van der Waals surface area (Å²) in [5, 5.41) is 0. The van der Waals surface area contributed by atoms with E-state index in [0.29, 0.717) is 6.61 Å². The molecule has 0 saturated heterocycles. The molecule has 0 atom stereocenters. The first-order chi connectivity index (χ1) is 6.81. The minimum Gasteiger partial charge on any atom is -0.462 e. The molecule has 0 bridgehead atoms. The van der Waals surface area contributed by atoms with Crippen LogP contribution in [0.25, 0.3) is 0 Å². The van der Waals surface area contributed by atoms with E-state index in [4.69, 9.17) is 0 Å². The van der Waals surface area contributed by atoms with Crippen molar-refractivity contribution in [1.82, 2.24) is 0 Å². The predicted molar refractivity (Wildman–Crippen MR) is 54.7 cm³/mol. The van der Waals surface area contributed by atoms with Crippen molar-refractivity contribution in [3.63, 3.8) is 0 Å². The van der Waals surface area contributed by atoms with Gasteiger partial charge in [0.1, 0.15) is 0 Å². The van der Waals surface area contributed by atoms with E-state index >= 15 is 0 Å². The summed E-state index contributed by atoms with van der Waals surface area (Å²) < 4.78 is 4.63. The first-order valence-electron chi connectivity index (χ1n) is 4.64. The van der Waals surface area contributed by atoms with Gasteiger partial charge in [-0.15, -0.1) is 0 Å². The largest absolute Gasteiger partial charge is 0.462 e. The Morgan fingerprint density at radius 2 is 2.00 bits per heavy atom. The van der Waals surface area contributed by atoms with Crippen molar-refractivity contribution in [3.05, 3.63) is 35.1 Å². The lowest BCUT2D eigenvalue weighted by molar-refractivity contribution is -0.137. The zero-order valence-corrected chi connectivity index (χ0v) is 8.59. The molecule has 0 aliphatic rings. The van der Waals surface area contributed by atoms with Gasteiger partial charge in [-0.3, -0.25) is 0 Å². The van der Waals surface area contributed by atoms with Crippen molar-refractivity contribution in [1.29, 1.82) is 0 Å². The second-order valence-corrected chi connectivity index (χ2v) is 2.43. The monoisotopic (exact) mass is 190 g/mol. The molecule has 0 heterocycles. The predicted octanol–water partition coefficient (Wildman–Crippen LogP) is 2.53. The average molecular weight is 190 g/mol. The minimum absolute atomic E-state index is 0.368. The first-order valence-corrected chi connectivity index (χ1v) is 4.64. The fourth-order valence-corrected chi connectivity index (χ4v) is 0.619. The van der Waals surface area contributed by atoms with Gasteiger partial charge in [-0.1, -0.05) is 24.8 Å². The third-order valence-electron chi connectivity index (χ3n) is 1.22. The molecule has 0 aliphatic heterocycles. The Hall–Kier alpha value is -1.67. The molecule has 0 amide bonds. The van der Waals surface area contributed by atoms with Crippen LogP contribution in [0, 0.1) is 0 Å². The van der Waals surface area contributed by atoms with Crippen molar-refractivity contribution < 1.29 is 9.53 Å². The first kappa shape index (κ1) is 12.3. The normalized spacial score (nSPS) is 7.29. The molecule has 2 nitrogen and oxygen atoms in total. The molecule has 0 rings (SSSR count). The third kappa shape index (κ3) is 8.43. The van der Waals surface area contributed by atoms with E-state index in [9.17, 15) is 4.79 Å². The van der Waals surface area contributed by atoms with Gasteiger partial charge in [0.05, 0.1) is 12.7 Å². The molecule has 0 aromatic rings. The summed E-state index contributed by atoms with van der Waals surface area (Å²) in [6.07, 6.45) is 5.09. The van der Waals surface area contributed by atoms with Crippen LogP contribution < -0.4 is 0 Å². The number of carbonyl (C=O) groups is 1. The van der Waals surface area contributed by atoms with Crippen LogP contribution >= 0.6 is 0 Å². The van der Waals surface area contributed by atoms with Crippen molar-refractivity contribution in [3.8, 4) is 0 Å². The van der Waals surface area contributed by atoms with Crippen LogP contribution in [0.5, 0.6) is 0 Å². The molecule has 0 aromatic heterocycles. The molecule has 0 N–H and O–H groups in total. The van der Waals surface area contributed by atoms with E-state index in [2.05, 4.69) is 34.6 Å². The number of hydrogen-bond acceptors (Lipinski definition) is 2. The average Bonchev–Trinajstić information content (AvgIpc) is 2.17. The lowest BCUT2D eigenvalue weighted by Gasteiger charge is -1.90. The standard InChI is InChI=1S/C12H14O2/c1-3-5-6-7-8-9-10-11-12(13)14-4-2/h6,11H,3-5H2,1-2H3. The second-order valence-electron chi connectivity index (χ2n) is 2.43. The van der Waals surface area contributed by atoms with Crippen LogP contribution in [0.15, 0.2) is 35.1 Å². The molecular formula is C12H14O2. The van der Waals surface area contributed by atoms with Crippen molar-refractivity contribution in [2.75, 3.05) is 6.61 Å². The fourth-order valence-electron chi connectivity index (χ4n) is 0.619. The van der Waals surface area contributed by atoms with Crippen molar-refractivity contribution in [2.24, 2.45) is 0 Å². The number of allylic oxidation sites excluding steroid dienone is 1. The van der Waals surface area contributed by atoms with Gasteiger partial charge in [-0.05, 0) is 30.9 Å². The highest BCUT2D eigenvalue weighted by Crippen LogP contribution is 1.84. The molecule has 0 unspecified atom stereocenters. The van der Waals surface area contributed by atoms with Gasteiger partial charge in [0.2, 0.25) is 0 Å². The molecule has 74 valence electrons. The van der Waals surface area contributed by atoms with E-state index < -0.39 is 5.97 Å². The number of carbonyl (C=O) groups excluding carboxylic acids is 1. The van der Waals surface area contributed by atoms with Crippen LogP contribution in [0.3, 0.4) is 0 Å². The molecule has 14 heavy (non-hydrogen) atoms. The summed E-state index contributed by atoms with van der Waals surface area (Å²) in [5.74, 6) is -0.417. The molecule has 0 aromatic carbocycles. The lowest BCUT2D eigenvalue weighted by atomic mass is 10.3. The molecule has 0 saturated carbocycles. The minimum atomic E-state index is -0.417. The van der Waals surface area contributed by atoms with Gasteiger partial charge >= 0.3 is 5.97 Å². The molecule has 0 radical (unpaired) electrons. The zero-order valence-electron chi connectivity index (χ0n) is 8.59. The van der Waals surface area contributed by atoms with Crippen LogP contribution in [0.2, 0.25) is 0 Å². The van der Waals surface area contributed by atoms with E-state index in [-0.39, 0.29) is 0 Å². The second kappa shape index (κ2) is 9.42. The van der Waals surface area contributed by atoms with Crippen LogP contribution in [0.4, 0.5) is 0 Å². The maximum absolute atomic E-state index is 10.7. The number of unbranched alkanes of at least 4 members (excludes halogenated alkanes) is 1. The molecule has 0 fully saturated rings. The Balaban J connectivity index is 4.27. The molecule has 0 spiro atoms. The highest BCUT2D eigenvalue weighted by Gasteiger charge is 1.89. The topological polar surface area (TPSA) is 26.3 Å². The maximum atomic E-state index is 10.7. The van der Waals surface area contributed by atoms with E-state index in [0.717, 1.165) is 12.8 Å². The summed E-state index contributed by atoms with van der Waals surface area (Å²) in [6.45, 7) is 4.20. The zero-order chi connectivity index (χ0) is 10.6. The maximum Gasteiger partial charge on any atom is 0.339 e. The number of ether oxygens (including phenoxy) is 1. The van der Waals surface area contributed by atoms with Crippen LogP contribution in [0.1, 0.15) is 26.7 Å². The van der Waals surface area contributed by atoms with Crippen LogP contribution in [-0.4, -0.2) is 12.6 Å². The summed E-state index contributed by atoms with van der Waals surface area (Å²) >= 11 is 0. The SMILES string of the molecule is CCCC=C=C=C=C=CC(=O)OCC. The summed E-state index contributed by atoms with van der Waals surface area (Å²) in [4.78, 5) is 10.7. The highest BCUT2D eigenvalue weighted by atomic mass is 16.5. The Bertz CT molecular complexity index is 327. The quantitative estimate of drug-likeness (QED) is 0.387. The number of esters is 1. The molecule has 2 heteroatoms. The third-order valence-corrected chi connectivity index (χ3v) is 1.22. The van der Waals surface area contributed by atoms with Gasteiger partial charge in [0, 0.05) is 0 Å². The van der Waals surface area contributed by atoms with Gasteiger partial charge in [-0.2, -0.15) is 0 Å². The van der Waals surface area contributed by atoms with Gasteiger partial charge in [0.25, 0.3) is 0 Å². The van der Waals surface area contributed by atoms with Crippen molar-refractivity contribution >= 4 is 5.97 Å². The molecular weight excluding hydrogens is 176 g/mol. The Kier molecular flexibility index (Phi) is 8.29. The highest BCUT2D eigenvalue weighted by molar-refractivity contribution is 5.81. The molecule has 0 aliphatic carbocycles. The number of rotatable bonds is 4. The van der Waals surface area contributed by atoms with E-state index in [1.807, 2.05) is 6.08 Å². The van der Waals surface area contributed by atoms with E-state index in [1.165, 1.54) is 6.08 Å². The van der Waals surface area contributed by atoms with Gasteiger partial charge < -0.3 is 4.74 Å². The number of hydrogen-bond donors (Lipinski definition) is 0. The van der Waals surface area contributed by atoms with Crippen molar-refractivity contribution in [2.45, 2.75) is 26.7 Å². The Labute approximate surface area is 84.6 Å². The Morgan fingerprint density at radius 1 is 1.29 bits per heavy atom. The van der Waals surface area contributed by atoms with E-state index in [1.54, 1.807) is 6.92 Å². The lowest BCUT2D eigenvalue weighted by Crippen LogP contribution is -1.97. The van der Waals surface area contributed by atoms with Gasteiger partial charge in [0.15, 0.2) is 0 Å².